The Kier molecular flexibility index (Phi) is 5.00. The molecule has 0 aliphatic carbocycles. The summed E-state index contributed by atoms with van der Waals surface area (Å²) in [4.78, 5) is 0. The summed E-state index contributed by atoms with van der Waals surface area (Å²) >= 11 is 0. The van der Waals surface area contributed by atoms with Gasteiger partial charge in [-0.1, -0.05) is 38.3 Å². The van der Waals surface area contributed by atoms with Crippen LogP contribution in [0.25, 0.3) is 0 Å². The molecule has 0 amide bonds. The van der Waals surface area contributed by atoms with Crippen LogP contribution in [0.15, 0.2) is 24.3 Å². The third kappa shape index (κ3) is 4.38. The van der Waals surface area contributed by atoms with Crippen LogP contribution in [0, 0.1) is 0 Å². The number of hydrogen-bond acceptors (Lipinski definition) is 1. The van der Waals surface area contributed by atoms with Gasteiger partial charge in [-0.15, -0.1) is 0 Å². The van der Waals surface area contributed by atoms with Crippen LogP contribution in [0.1, 0.15) is 49.8 Å². The van der Waals surface area contributed by atoms with E-state index in [1.54, 1.807) is 0 Å². The summed E-state index contributed by atoms with van der Waals surface area (Å²) < 4.78 is 37.0. The average molecular weight is 245 g/mol. The van der Waals surface area contributed by atoms with Crippen molar-refractivity contribution in [3.8, 4) is 0 Å². The summed E-state index contributed by atoms with van der Waals surface area (Å²) in [7, 11) is 0. The van der Waals surface area contributed by atoms with Crippen molar-refractivity contribution in [3.05, 3.63) is 35.4 Å². The van der Waals surface area contributed by atoms with Crippen LogP contribution >= 0.6 is 0 Å². The second-order valence-electron chi connectivity index (χ2n) is 4.22. The van der Waals surface area contributed by atoms with E-state index < -0.39 is 11.7 Å². The molecule has 17 heavy (non-hydrogen) atoms. The summed E-state index contributed by atoms with van der Waals surface area (Å²) in [5, 5.41) is 0. The number of benzene rings is 1. The molecule has 1 atom stereocenters. The fourth-order valence-electron chi connectivity index (χ4n) is 1.70. The molecule has 1 rings (SSSR count). The molecule has 0 spiro atoms. The molecule has 0 heterocycles. The molecule has 0 fully saturated rings. The van der Waals surface area contributed by atoms with Crippen LogP contribution in [0.4, 0.5) is 13.2 Å². The summed E-state index contributed by atoms with van der Waals surface area (Å²) in [6.45, 7) is 2.10. The fraction of sp³-hybridized carbons (Fsp3) is 0.538. The maximum atomic E-state index is 12.3. The van der Waals surface area contributed by atoms with Crippen LogP contribution < -0.4 is 5.73 Å². The quantitative estimate of drug-likeness (QED) is 0.769. The smallest absolute Gasteiger partial charge is 0.324 e. The highest BCUT2D eigenvalue weighted by molar-refractivity contribution is 5.26. The minimum Gasteiger partial charge on any atom is -0.324 e. The average Bonchev–Trinajstić information content (AvgIpc) is 2.28. The lowest BCUT2D eigenvalue weighted by atomic mass is 10.00. The highest BCUT2D eigenvalue weighted by atomic mass is 19.4. The maximum absolute atomic E-state index is 12.3. The predicted octanol–water partition coefficient (Wildman–Crippen LogP) is 4.29. The minimum atomic E-state index is -4.27. The molecule has 0 saturated heterocycles. The molecule has 2 N–H and O–H groups in total. The summed E-state index contributed by atoms with van der Waals surface area (Å²) in [5.74, 6) is 0. The number of alkyl halides is 3. The first-order valence-electron chi connectivity index (χ1n) is 5.88. The Morgan fingerprint density at radius 2 is 1.71 bits per heavy atom. The summed E-state index contributed by atoms with van der Waals surface area (Å²) in [5.41, 5.74) is 6.06. The van der Waals surface area contributed by atoms with Crippen molar-refractivity contribution < 1.29 is 13.2 Å². The van der Waals surface area contributed by atoms with Gasteiger partial charge in [-0.3, -0.25) is 0 Å². The molecular formula is C13H18F3N. The van der Waals surface area contributed by atoms with Crippen molar-refractivity contribution in [2.24, 2.45) is 5.73 Å². The molecule has 0 radical (unpaired) electrons. The highest BCUT2D eigenvalue weighted by Crippen LogP contribution is 2.30. The lowest BCUT2D eigenvalue weighted by Gasteiger charge is -2.13. The molecule has 0 unspecified atom stereocenters. The molecule has 0 saturated carbocycles. The van der Waals surface area contributed by atoms with E-state index in [1.165, 1.54) is 12.1 Å². The second-order valence-corrected chi connectivity index (χ2v) is 4.22. The maximum Gasteiger partial charge on any atom is 0.416 e. The molecule has 0 aliphatic rings. The minimum absolute atomic E-state index is 0.163. The van der Waals surface area contributed by atoms with E-state index >= 15 is 0 Å². The number of rotatable bonds is 5. The molecule has 96 valence electrons. The summed E-state index contributed by atoms with van der Waals surface area (Å²) in [6.07, 6.45) is -0.225. The van der Waals surface area contributed by atoms with E-state index in [9.17, 15) is 13.2 Å². The lowest BCUT2D eigenvalue weighted by molar-refractivity contribution is -0.137. The molecular weight excluding hydrogens is 227 g/mol. The van der Waals surface area contributed by atoms with Crippen LogP contribution in [0.5, 0.6) is 0 Å². The van der Waals surface area contributed by atoms with Crippen molar-refractivity contribution in [1.82, 2.24) is 0 Å². The Morgan fingerprint density at radius 3 is 2.18 bits per heavy atom. The normalized spacial score (nSPS) is 13.7. The SMILES string of the molecule is CCCCC[C@@H](N)c1ccc(C(F)(F)F)cc1. The Bertz CT molecular complexity index is 330. The van der Waals surface area contributed by atoms with Gasteiger partial charge in [0.15, 0.2) is 0 Å². The Labute approximate surface area is 99.8 Å². The van der Waals surface area contributed by atoms with Crippen molar-refractivity contribution in [2.45, 2.75) is 44.8 Å². The zero-order chi connectivity index (χ0) is 12.9. The first-order chi connectivity index (χ1) is 7.95. The molecule has 0 aliphatic heterocycles. The van der Waals surface area contributed by atoms with E-state index in [0.717, 1.165) is 43.4 Å². The lowest BCUT2D eigenvalue weighted by Crippen LogP contribution is -2.11. The Morgan fingerprint density at radius 1 is 1.12 bits per heavy atom. The topological polar surface area (TPSA) is 26.0 Å². The van der Waals surface area contributed by atoms with Gasteiger partial charge >= 0.3 is 6.18 Å². The van der Waals surface area contributed by atoms with Crippen molar-refractivity contribution in [1.29, 1.82) is 0 Å². The molecule has 1 aromatic carbocycles. The van der Waals surface area contributed by atoms with Gasteiger partial charge in [-0.25, -0.2) is 0 Å². The van der Waals surface area contributed by atoms with Gasteiger partial charge in [-0.2, -0.15) is 13.2 Å². The zero-order valence-corrected chi connectivity index (χ0v) is 9.93. The fourth-order valence-corrected chi connectivity index (χ4v) is 1.70. The number of nitrogens with two attached hydrogens (primary N) is 1. The van der Waals surface area contributed by atoms with E-state index in [4.69, 9.17) is 5.73 Å². The van der Waals surface area contributed by atoms with Gasteiger partial charge in [0, 0.05) is 6.04 Å². The molecule has 1 aromatic rings. The van der Waals surface area contributed by atoms with Gasteiger partial charge < -0.3 is 5.73 Å². The standard InChI is InChI=1S/C13H18F3N/c1-2-3-4-5-12(17)10-6-8-11(9-7-10)13(14,15)16/h6-9,12H,2-5,17H2,1H3/t12-/m1/s1. The molecule has 1 nitrogen and oxygen atoms in total. The van der Waals surface area contributed by atoms with E-state index in [0.29, 0.717) is 0 Å². The summed E-state index contributed by atoms with van der Waals surface area (Å²) in [6, 6.07) is 4.96. The predicted molar refractivity (Wildman–Crippen MR) is 62.5 cm³/mol. The number of unbranched alkanes of at least 4 members (excludes halogenated alkanes) is 2. The van der Waals surface area contributed by atoms with Crippen molar-refractivity contribution >= 4 is 0 Å². The van der Waals surface area contributed by atoms with Gasteiger partial charge in [0.05, 0.1) is 5.56 Å². The van der Waals surface area contributed by atoms with Crippen molar-refractivity contribution in [3.63, 3.8) is 0 Å². The molecule has 0 aromatic heterocycles. The van der Waals surface area contributed by atoms with Gasteiger partial charge in [0.2, 0.25) is 0 Å². The second kappa shape index (κ2) is 6.05. The third-order valence-electron chi connectivity index (χ3n) is 2.78. The van der Waals surface area contributed by atoms with Crippen LogP contribution in [-0.2, 0) is 6.18 Å². The van der Waals surface area contributed by atoms with E-state index in [2.05, 4.69) is 6.92 Å². The van der Waals surface area contributed by atoms with E-state index in [-0.39, 0.29) is 6.04 Å². The van der Waals surface area contributed by atoms with E-state index in [1.807, 2.05) is 0 Å². The third-order valence-corrected chi connectivity index (χ3v) is 2.78. The van der Waals surface area contributed by atoms with Gasteiger partial charge in [0.1, 0.15) is 0 Å². The van der Waals surface area contributed by atoms with Crippen LogP contribution in [-0.4, -0.2) is 0 Å². The highest BCUT2D eigenvalue weighted by Gasteiger charge is 2.30. The first kappa shape index (κ1) is 14.0. The largest absolute Gasteiger partial charge is 0.416 e. The first-order valence-corrected chi connectivity index (χ1v) is 5.88. The molecule has 4 heteroatoms. The van der Waals surface area contributed by atoms with Gasteiger partial charge in [0.25, 0.3) is 0 Å². The number of halogens is 3. The van der Waals surface area contributed by atoms with Crippen LogP contribution in [0.3, 0.4) is 0 Å². The Balaban J connectivity index is 2.61. The number of hydrogen-bond donors (Lipinski definition) is 1. The monoisotopic (exact) mass is 245 g/mol. The molecule has 0 bridgehead atoms. The Hall–Kier alpha value is -1.03. The zero-order valence-electron chi connectivity index (χ0n) is 9.93. The van der Waals surface area contributed by atoms with Crippen LogP contribution in [0.2, 0.25) is 0 Å². The van der Waals surface area contributed by atoms with Crippen molar-refractivity contribution in [2.75, 3.05) is 0 Å². The van der Waals surface area contributed by atoms with Gasteiger partial charge in [-0.05, 0) is 24.1 Å².